The van der Waals surface area contributed by atoms with Crippen LogP contribution in [-0.4, -0.2) is 73.6 Å². The van der Waals surface area contributed by atoms with Crippen LogP contribution in [0.3, 0.4) is 0 Å². The molecule has 0 unspecified atom stereocenters. The number of methoxy groups -OCH3 is 1. The highest BCUT2D eigenvalue weighted by Crippen LogP contribution is 2.24. The molecule has 0 saturated carbocycles. The second kappa shape index (κ2) is 9.21. The number of nitrogens with zero attached hydrogens (tertiary/aromatic N) is 8. The Morgan fingerprint density at radius 2 is 1.71 bits per heavy atom. The molecular formula is C25H28N8O2. The van der Waals surface area contributed by atoms with E-state index in [1.807, 2.05) is 65.9 Å². The summed E-state index contributed by atoms with van der Waals surface area (Å²) in [7, 11) is 3.43. The highest BCUT2D eigenvalue weighted by molar-refractivity contribution is 5.94. The molecule has 5 rings (SSSR count). The fourth-order valence-corrected chi connectivity index (χ4v) is 4.38. The lowest BCUT2D eigenvalue weighted by Crippen LogP contribution is -2.49. The van der Waals surface area contributed by atoms with E-state index in [9.17, 15) is 4.79 Å². The van der Waals surface area contributed by atoms with Crippen LogP contribution >= 0.6 is 0 Å². The van der Waals surface area contributed by atoms with Crippen LogP contribution in [0.1, 0.15) is 21.9 Å². The maximum absolute atomic E-state index is 13.3. The van der Waals surface area contributed by atoms with E-state index < -0.39 is 0 Å². The minimum absolute atomic E-state index is 0.0280. The number of aromatic nitrogens is 6. The normalized spacial score (nSPS) is 13.8. The lowest BCUT2D eigenvalue weighted by atomic mass is 10.1. The van der Waals surface area contributed by atoms with Gasteiger partial charge < -0.3 is 14.5 Å². The van der Waals surface area contributed by atoms with E-state index >= 15 is 0 Å². The summed E-state index contributed by atoms with van der Waals surface area (Å²) in [4.78, 5) is 26.2. The number of carbonyl (C=O) groups is 1. The van der Waals surface area contributed by atoms with Crippen LogP contribution in [0.4, 0.5) is 5.82 Å². The third kappa shape index (κ3) is 4.46. The lowest BCUT2D eigenvalue weighted by molar-refractivity contribution is 0.0735. The van der Waals surface area contributed by atoms with Gasteiger partial charge in [0.25, 0.3) is 5.91 Å². The third-order valence-electron chi connectivity index (χ3n) is 6.22. The smallest absolute Gasteiger partial charge is 0.272 e. The number of piperazine rings is 1. The quantitative estimate of drug-likeness (QED) is 0.441. The zero-order valence-corrected chi connectivity index (χ0v) is 20.3. The van der Waals surface area contributed by atoms with Crippen molar-refractivity contribution in [3.8, 4) is 22.8 Å². The van der Waals surface area contributed by atoms with Crippen LogP contribution in [0.15, 0.2) is 48.8 Å². The van der Waals surface area contributed by atoms with Gasteiger partial charge in [0.05, 0.1) is 18.5 Å². The van der Waals surface area contributed by atoms with Crippen LogP contribution in [-0.2, 0) is 7.05 Å². The van der Waals surface area contributed by atoms with Gasteiger partial charge in [0.2, 0.25) is 0 Å². The van der Waals surface area contributed by atoms with E-state index in [2.05, 4.69) is 25.1 Å². The molecule has 1 aromatic carbocycles. The fraction of sp³-hybridized carbons (Fsp3) is 0.320. The average molecular weight is 473 g/mol. The van der Waals surface area contributed by atoms with Gasteiger partial charge in [-0.05, 0) is 38.1 Å². The van der Waals surface area contributed by atoms with Gasteiger partial charge in [0.15, 0.2) is 5.82 Å². The summed E-state index contributed by atoms with van der Waals surface area (Å²) in [6, 6.07) is 13.5. The van der Waals surface area contributed by atoms with Crippen molar-refractivity contribution in [2.45, 2.75) is 13.8 Å². The molecule has 3 aromatic heterocycles. The maximum atomic E-state index is 13.3. The van der Waals surface area contributed by atoms with Crippen molar-refractivity contribution in [2.75, 3.05) is 38.2 Å². The van der Waals surface area contributed by atoms with Gasteiger partial charge in [-0.15, -0.1) is 0 Å². The summed E-state index contributed by atoms with van der Waals surface area (Å²) >= 11 is 0. The first-order chi connectivity index (χ1) is 16.9. The Bertz CT molecular complexity index is 1370. The fourth-order valence-electron chi connectivity index (χ4n) is 4.38. The minimum Gasteiger partial charge on any atom is -0.497 e. The molecule has 1 amide bonds. The molecule has 1 fully saturated rings. The monoisotopic (exact) mass is 472 g/mol. The molecular weight excluding hydrogens is 444 g/mol. The highest BCUT2D eigenvalue weighted by Gasteiger charge is 2.26. The van der Waals surface area contributed by atoms with Crippen molar-refractivity contribution in [3.63, 3.8) is 0 Å². The Labute approximate surface area is 203 Å². The molecule has 0 atom stereocenters. The van der Waals surface area contributed by atoms with Gasteiger partial charge in [-0.2, -0.15) is 10.2 Å². The summed E-state index contributed by atoms with van der Waals surface area (Å²) in [6.07, 6.45) is 1.56. The van der Waals surface area contributed by atoms with Crippen molar-refractivity contribution in [3.05, 3.63) is 65.9 Å². The SMILES string of the molecule is COc1cccc(-c2cc(C(=O)N3CCN(c4cc(-n5nc(C)cc5C)ncn4)CC3)n(C)n2)c1. The second-order valence-electron chi connectivity index (χ2n) is 8.62. The molecule has 10 heteroatoms. The molecule has 0 radical (unpaired) electrons. The van der Waals surface area contributed by atoms with Crippen LogP contribution in [0.2, 0.25) is 0 Å². The Balaban J connectivity index is 1.28. The van der Waals surface area contributed by atoms with Gasteiger partial charge >= 0.3 is 0 Å². The Morgan fingerprint density at radius 3 is 2.43 bits per heavy atom. The van der Waals surface area contributed by atoms with Crippen molar-refractivity contribution >= 4 is 11.7 Å². The molecule has 0 spiro atoms. The van der Waals surface area contributed by atoms with Crippen molar-refractivity contribution in [1.29, 1.82) is 0 Å². The van der Waals surface area contributed by atoms with Crippen molar-refractivity contribution < 1.29 is 9.53 Å². The summed E-state index contributed by atoms with van der Waals surface area (Å²) in [5.41, 5.74) is 4.17. The molecule has 0 aliphatic carbocycles. The zero-order chi connectivity index (χ0) is 24.5. The van der Waals surface area contributed by atoms with Gasteiger partial charge in [-0.3, -0.25) is 9.48 Å². The van der Waals surface area contributed by atoms with Crippen LogP contribution in [0, 0.1) is 13.8 Å². The molecule has 1 saturated heterocycles. The number of carbonyl (C=O) groups excluding carboxylic acids is 1. The predicted molar refractivity (Wildman–Crippen MR) is 132 cm³/mol. The lowest BCUT2D eigenvalue weighted by Gasteiger charge is -2.35. The predicted octanol–water partition coefficient (Wildman–Crippen LogP) is 2.65. The number of aryl methyl sites for hydroxylation is 3. The largest absolute Gasteiger partial charge is 0.497 e. The van der Waals surface area contributed by atoms with E-state index in [1.165, 1.54) is 0 Å². The number of rotatable bonds is 5. The average Bonchev–Trinajstić information content (AvgIpc) is 3.44. The maximum Gasteiger partial charge on any atom is 0.272 e. The molecule has 1 aliphatic rings. The molecule has 35 heavy (non-hydrogen) atoms. The van der Waals surface area contributed by atoms with Crippen LogP contribution in [0.25, 0.3) is 17.1 Å². The number of anilines is 1. The molecule has 10 nitrogen and oxygen atoms in total. The summed E-state index contributed by atoms with van der Waals surface area (Å²) in [5, 5.41) is 9.08. The van der Waals surface area contributed by atoms with Crippen LogP contribution in [0.5, 0.6) is 5.75 Å². The van der Waals surface area contributed by atoms with Gasteiger partial charge in [0, 0.05) is 50.6 Å². The van der Waals surface area contributed by atoms with E-state index in [4.69, 9.17) is 4.74 Å². The van der Waals surface area contributed by atoms with E-state index in [0.717, 1.165) is 40.0 Å². The van der Waals surface area contributed by atoms with Gasteiger partial charge in [0.1, 0.15) is 23.6 Å². The topological polar surface area (TPSA) is 94.2 Å². The first kappa shape index (κ1) is 22.6. The summed E-state index contributed by atoms with van der Waals surface area (Å²) in [6.45, 7) is 6.52. The first-order valence-corrected chi connectivity index (χ1v) is 11.5. The molecule has 180 valence electrons. The Hall–Kier alpha value is -4.21. The number of ether oxygens (including phenoxy) is 1. The number of benzene rings is 1. The van der Waals surface area contributed by atoms with E-state index in [-0.39, 0.29) is 5.91 Å². The summed E-state index contributed by atoms with van der Waals surface area (Å²) < 4.78 is 8.78. The zero-order valence-electron chi connectivity index (χ0n) is 20.3. The van der Waals surface area contributed by atoms with Crippen molar-refractivity contribution in [1.82, 2.24) is 34.4 Å². The first-order valence-electron chi connectivity index (χ1n) is 11.5. The van der Waals surface area contributed by atoms with E-state index in [0.29, 0.717) is 31.9 Å². The standard InChI is InChI=1S/C25H28N8O2/c1-17-12-18(2)33(28-17)24-15-23(26-16-27-24)31-8-10-32(11-9-31)25(34)22-14-21(29-30(22)3)19-6-5-7-20(13-19)35-4/h5-7,12-16H,8-11H2,1-4H3. The van der Waals surface area contributed by atoms with Crippen LogP contribution < -0.4 is 9.64 Å². The Kier molecular flexibility index (Phi) is 5.94. The molecule has 1 aliphatic heterocycles. The van der Waals surface area contributed by atoms with Gasteiger partial charge in [-0.25, -0.2) is 14.6 Å². The van der Waals surface area contributed by atoms with Gasteiger partial charge in [-0.1, -0.05) is 12.1 Å². The third-order valence-corrected chi connectivity index (χ3v) is 6.22. The van der Waals surface area contributed by atoms with Crippen molar-refractivity contribution in [2.24, 2.45) is 7.05 Å². The number of hydrogen-bond acceptors (Lipinski definition) is 7. The molecule has 4 aromatic rings. The highest BCUT2D eigenvalue weighted by atomic mass is 16.5. The summed E-state index contributed by atoms with van der Waals surface area (Å²) in [5.74, 6) is 2.29. The molecule has 0 bridgehead atoms. The molecule has 4 heterocycles. The minimum atomic E-state index is -0.0280. The molecule has 0 N–H and O–H groups in total. The van der Waals surface area contributed by atoms with E-state index in [1.54, 1.807) is 25.2 Å². The number of amides is 1. The second-order valence-corrected chi connectivity index (χ2v) is 8.62. The number of hydrogen-bond donors (Lipinski definition) is 0. The Morgan fingerprint density at radius 1 is 0.943 bits per heavy atom.